The van der Waals surface area contributed by atoms with E-state index in [9.17, 15) is 4.79 Å². The molecule has 0 atom stereocenters. The van der Waals surface area contributed by atoms with Gasteiger partial charge in [0.05, 0.1) is 0 Å². The van der Waals surface area contributed by atoms with Crippen LogP contribution in [-0.4, -0.2) is 21.3 Å². The van der Waals surface area contributed by atoms with E-state index in [1.807, 2.05) is 25.1 Å². The minimum Gasteiger partial charge on any atom is -0.330 e. The van der Waals surface area contributed by atoms with Crippen LogP contribution in [0.2, 0.25) is 0 Å². The van der Waals surface area contributed by atoms with Crippen molar-refractivity contribution in [2.75, 3.05) is 6.54 Å². The average Bonchev–Trinajstić information content (AvgIpc) is 2.75. The maximum absolute atomic E-state index is 11.7. The topological polar surface area (TPSA) is 76.7 Å². The first-order valence-corrected chi connectivity index (χ1v) is 8.08. The van der Waals surface area contributed by atoms with Crippen LogP contribution >= 0.6 is 27.7 Å². The number of aromatic amines is 1. The van der Waals surface area contributed by atoms with Gasteiger partial charge in [-0.15, -0.1) is 5.10 Å². The van der Waals surface area contributed by atoms with Crippen LogP contribution in [0.1, 0.15) is 18.9 Å². The van der Waals surface area contributed by atoms with E-state index in [2.05, 4.69) is 26.1 Å². The van der Waals surface area contributed by atoms with Gasteiger partial charge in [0.25, 0.3) is 0 Å². The summed E-state index contributed by atoms with van der Waals surface area (Å²) < 4.78 is 2.67. The largest absolute Gasteiger partial charge is 0.343 e. The highest BCUT2D eigenvalue weighted by atomic mass is 79.9. The molecule has 0 amide bonds. The van der Waals surface area contributed by atoms with Crippen molar-refractivity contribution in [3.8, 4) is 0 Å². The molecule has 20 heavy (non-hydrogen) atoms. The first-order chi connectivity index (χ1) is 9.65. The lowest BCUT2D eigenvalue weighted by Crippen LogP contribution is -2.17. The number of hydrogen-bond donors (Lipinski definition) is 2. The molecule has 3 N–H and O–H groups in total. The van der Waals surface area contributed by atoms with Gasteiger partial charge in [-0.25, -0.2) is 9.89 Å². The number of H-pyrrole nitrogens is 1. The van der Waals surface area contributed by atoms with Gasteiger partial charge in [0.1, 0.15) is 0 Å². The van der Waals surface area contributed by atoms with Crippen LogP contribution in [0.15, 0.2) is 37.5 Å². The van der Waals surface area contributed by atoms with Gasteiger partial charge in [-0.1, -0.05) is 28.9 Å². The number of halogens is 1. The number of nitrogens with zero attached hydrogens (tertiary/aromatic N) is 2. The fourth-order valence-electron chi connectivity index (χ4n) is 1.89. The molecule has 0 saturated carbocycles. The van der Waals surface area contributed by atoms with E-state index in [4.69, 9.17) is 5.73 Å². The van der Waals surface area contributed by atoms with Crippen molar-refractivity contribution in [2.24, 2.45) is 5.73 Å². The Morgan fingerprint density at radius 2 is 2.30 bits per heavy atom. The third kappa shape index (κ3) is 3.53. The Labute approximate surface area is 130 Å². The molecule has 1 aromatic carbocycles. The zero-order chi connectivity index (χ0) is 14.5. The van der Waals surface area contributed by atoms with E-state index in [1.54, 1.807) is 4.57 Å². The molecule has 0 aliphatic rings. The van der Waals surface area contributed by atoms with Crippen molar-refractivity contribution in [1.29, 1.82) is 0 Å². The highest BCUT2D eigenvalue weighted by molar-refractivity contribution is 9.10. The molecule has 0 aliphatic carbocycles. The molecular weight excluding hydrogens is 340 g/mol. The van der Waals surface area contributed by atoms with Crippen LogP contribution in [0, 0.1) is 0 Å². The van der Waals surface area contributed by atoms with Crippen LogP contribution in [-0.2, 0) is 13.0 Å². The number of nitrogens with one attached hydrogen (secondary N) is 1. The number of rotatable bonds is 6. The van der Waals surface area contributed by atoms with Crippen molar-refractivity contribution in [2.45, 2.75) is 36.4 Å². The van der Waals surface area contributed by atoms with Gasteiger partial charge in [-0.3, -0.25) is 4.57 Å². The monoisotopic (exact) mass is 356 g/mol. The number of hydrogen-bond acceptors (Lipinski definition) is 4. The van der Waals surface area contributed by atoms with Crippen LogP contribution in [0.5, 0.6) is 0 Å². The predicted octanol–water partition coefficient (Wildman–Crippen LogP) is 2.40. The molecule has 1 aromatic heterocycles. The van der Waals surface area contributed by atoms with Gasteiger partial charge in [0.2, 0.25) is 0 Å². The standard InChI is InChI=1S/C13H17BrN4OS/c1-2-7-18-12(19)16-17-13(18)20-11-8-10(14)4-3-9(11)5-6-15/h3-4,8H,2,5-7,15H2,1H3,(H,16,19). The summed E-state index contributed by atoms with van der Waals surface area (Å²) in [5.41, 5.74) is 6.65. The van der Waals surface area contributed by atoms with Crippen molar-refractivity contribution >= 4 is 27.7 Å². The highest BCUT2D eigenvalue weighted by Gasteiger charge is 2.12. The van der Waals surface area contributed by atoms with Gasteiger partial charge in [-0.05, 0) is 48.8 Å². The fourth-order valence-corrected chi connectivity index (χ4v) is 3.46. The number of nitrogens with two attached hydrogens (primary N) is 1. The highest BCUT2D eigenvalue weighted by Crippen LogP contribution is 2.31. The van der Waals surface area contributed by atoms with E-state index < -0.39 is 0 Å². The summed E-state index contributed by atoms with van der Waals surface area (Å²) >= 11 is 4.96. The van der Waals surface area contributed by atoms with Crippen molar-refractivity contribution < 1.29 is 0 Å². The summed E-state index contributed by atoms with van der Waals surface area (Å²) in [6.07, 6.45) is 1.69. The van der Waals surface area contributed by atoms with Gasteiger partial charge in [0.15, 0.2) is 5.16 Å². The lowest BCUT2D eigenvalue weighted by atomic mass is 10.1. The Morgan fingerprint density at radius 1 is 1.50 bits per heavy atom. The second-order valence-electron chi connectivity index (χ2n) is 4.36. The summed E-state index contributed by atoms with van der Waals surface area (Å²) in [6, 6.07) is 6.08. The molecular formula is C13H17BrN4OS. The molecule has 7 heteroatoms. The summed E-state index contributed by atoms with van der Waals surface area (Å²) in [4.78, 5) is 12.8. The Morgan fingerprint density at radius 3 is 3.00 bits per heavy atom. The van der Waals surface area contributed by atoms with E-state index >= 15 is 0 Å². The molecule has 0 fully saturated rings. The Balaban J connectivity index is 2.34. The summed E-state index contributed by atoms with van der Waals surface area (Å²) in [7, 11) is 0. The third-order valence-corrected chi connectivity index (χ3v) is 4.40. The van der Waals surface area contributed by atoms with Crippen LogP contribution < -0.4 is 11.4 Å². The zero-order valence-electron chi connectivity index (χ0n) is 11.2. The quantitative estimate of drug-likeness (QED) is 0.832. The lowest BCUT2D eigenvalue weighted by molar-refractivity contribution is 0.604. The van der Waals surface area contributed by atoms with Gasteiger partial charge >= 0.3 is 5.69 Å². The van der Waals surface area contributed by atoms with Crippen LogP contribution in [0.25, 0.3) is 0 Å². The van der Waals surface area contributed by atoms with Crippen LogP contribution in [0.4, 0.5) is 0 Å². The normalized spacial score (nSPS) is 10.9. The first-order valence-electron chi connectivity index (χ1n) is 6.47. The summed E-state index contributed by atoms with van der Waals surface area (Å²) in [6.45, 7) is 3.29. The van der Waals surface area contributed by atoms with Crippen molar-refractivity contribution in [3.63, 3.8) is 0 Å². The van der Waals surface area contributed by atoms with E-state index in [0.29, 0.717) is 18.2 Å². The SMILES string of the molecule is CCCn1c(Sc2cc(Br)ccc2CCN)n[nH]c1=O. The predicted molar refractivity (Wildman–Crippen MR) is 84.2 cm³/mol. The van der Waals surface area contributed by atoms with E-state index in [0.717, 1.165) is 22.2 Å². The molecule has 2 aromatic rings. The minimum atomic E-state index is -0.162. The summed E-state index contributed by atoms with van der Waals surface area (Å²) in [5, 5.41) is 7.30. The number of benzene rings is 1. The Hall–Kier alpha value is -1.05. The smallest absolute Gasteiger partial charge is 0.330 e. The molecule has 0 bridgehead atoms. The molecule has 5 nitrogen and oxygen atoms in total. The van der Waals surface area contributed by atoms with Crippen molar-refractivity contribution in [3.05, 3.63) is 38.7 Å². The zero-order valence-corrected chi connectivity index (χ0v) is 13.6. The Bertz CT molecular complexity index is 638. The molecule has 108 valence electrons. The van der Waals surface area contributed by atoms with Crippen LogP contribution in [0.3, 0.4) is 0 Å². The van der Waals surface area contributed by atoms with Crippen molar-refractivity contribution in [1.82, 2.24) is 14.8 Å². The average molecular weight is 357 g/mol. The van der Waals surface area contributed by atoms with Gasteiger partial charge in [0, 0.05) is 15.9 Å². The molecule has 0 aliphatic heterocycles. The lowest BCUT2D eigenvalue weighted by Gasteiger charge is -2.09. The summed E-state index contributed by atoms with van der Waals surface area (Å²) in [5.74, 6) is 0. The molecule has 0 saturated heterocycles. The number of aromatic nitrogens is 3. The maximum atomic E-state index is 11.7. The van der Waals surface area contributed by atoms with E-state index in [-0.39, 0.29) is 5.69 Å². The van der Waals surface area contributed by atoms with E-state index in [1.165, 1.54) is 17.3 Å². The maximum Gasteiger partial charge on any atom is 0.343 e. The minimum absolute atomic E-state index is 0.162. The second-order valence-corrected chi connectivity index (χ2v) is 6.28. The Kier molecular flexibility index (Phi) is 5.45. The van der Waals surface area contributed by atoms with Gasteiger partial charge in [-0.2, -0.15) is 0 Å². The van der Waals surface area contributed by atoms with Gasteiger partial charge < -0.3 is 5.73 Å². The fraction of sp³-hybridized carbons (Fsp3) is 0.385. The first kappa shape index (κ1) is 15.3. The molecule has 0 unspecified atom stereocenters. The molecule has 0 spiro atoms. The second kappa shape index (κ2) is 7.10. The molecule has 1 heterocycles. The third-order valence-electron chi connectivity index (χ3n) is 2.81. The molecule has 0 radical (unpaired) electrons. The molecule has 2 rings (SSSR count).